The number of thiazole rings is 1. The van der Waals surface area contributed by atoms with Crippen molar-refractivity contribution >= 4 is 28.5 Å². The fourth-order valence-corrected chi connectivity index (χ4v) is 2.63. The number of aromatic nitrogens is 1. The summed E-state index contributed by atoms with van der Waals surface area (Å²) in [6.07, 6.45) is 2.64. The van der Waals surface area contributed by atoms with E-state index >= 15 is 0 Å². The van der Waals surface area contributed by atoms with Gasteiger partial charge in [-0.15, -0.1) is 11.3 Å². The maximum atomic E-state index is 11.9. The largest absolute Gasteiger partial charge is 0.481 e. The Morgan fingerprint density at radius 3 is 2.94 bits per heavy atom. The molecule has 0 aromatic carbocycles. The first-order chi connectivity index (χ1) is 8.57. The number of carboxylic acids is 1. The molecule has 1 aromatic heterocycles. The normalized spacial score (nSPS) is 23.1. The molecule has 1 aliphatic heterocycles. The van der Waals surface area contributed by atoms with Gasteiger partial charge in [-0.1, -0.05) is 6.92 Å². The predicted octanol–water partition coefficient (Wildman–Crippen LogP) is 1.86. The summed E-state index contributed by atoms with van der Waals surface area (Å²) < 4.78 is 0. The summed E-state index contributed by atoms with van der Waals surface area (Å²) in [5.74, 6) is -0.824. The third-order valence-electron chi connectivity index (χ3n) is 3.42. The lowest BCUT2D eigenvalue weighted by molar-refractivity contribution is -0.148. The molecule has 0 radical (unpaired) electrons. The molecule has 1 atom stereocenters. The molecule has 7 heteroatoms. The number of nitrogens with one attached hydrogen (secondary N) is 1. The molecule has 2 rings (SSSR count). The molecule has 0 spiro atoms. The molecule has 1 fully saturated rings. The Morgan fingerprint density at radius 2 is 2.44 bits per heavy atom. The van der Waals surface area contributed by atoms with Crippen LogP contribution in [0.1, 0.15) is 19.8 Å². The van der Waals surface area contributed by atoms with Gasteiger partial charge in [-0.2, -0.15) is 0 Å². The number of carbonyl (C=O) groups is 2. The molecule has 0 saturated carbocycles. The van der Waals surface area contributed by atoms with Crippen molar-refractivity contribution in [1.82, 2.24) is 9.88 Å². The van der Waals surface area contributed by atoms with Crippen LogP contribution in [-0.4, -0.2) is 40.1 Å². The number of aliphatic carboxylic acids is 1. The zero-order chi connectivity index (χ0) is 13.2. The summed E-state index contributed by atoms with van der Waals surface area (Å²) in [7, 11) is 0. The molecule has 2 amide bonds. The number of nitrogens with zero attached hydrogens (tertiary/aromatic N) is 2. The molecule has 6 nitrogen and oxygen atoms in total. The summed E-state index contributed by atoms with van der Waals surface area (Å²) in [5.41, 5.74) is -0.791. The van der Waals surface area contributed by atoms with Crippen molar-refractivity contribution in [1.29, 1.82) is 0 Å². The van der Waals surface area contributed by atoms with Crippen LogP contribution in [-0.2, 0) is 4.79 Å². The fourth-order valence-electron chi connectivity index (χ4n) is 2.12. The van der Waals surface area contributed by atoms with Gasteiger partial charge in [0.1, 0.15) is 0 Å². The van der Waals surface area contributed by atoms with Crippen molar-refractivity contribution in [3.8, 4) is 0 Å². The Morgan fingerprint density at radius 1 is 1.67 bits per heavy atom. The third-order valence-corrected chi connectivity index (χ3v) is 4.11. The van der Waals surface area contributed by atoms with E-state index in [4.69, 9.17) is 0 Å². The molecule has 1 aliphatic rings. The van der Waals surface area contributed by atoms with Gasteiger partial charge in [0.15, 0.2) is 5.13 Å². The van der Waals surface area contributed by atoms with Crippen LogP contribution in [0, 0.1) is 5.41 Å². The highest BCUT2D eigenvalue weighted by Gasteiger charge is 2.44. The maximum absolute atomic E-state index is 11.9. The summed E-state index contributed by atoms with van der Waals surface area (Å²) in [4.78, 5) is 28.7. The predicted molar refractivity (Wildman–Crippen MR) is 67.7 cm³/mol. The van der Waals surface area contributed by atoms with E-state index < -0.39 is 11.4 Å². The van der Waals surface area contributed by atoms with Gasteiger partial charge < -0.3 is 10.0 Å². The van der Waals surface area contributed by atoms with E-state index in [1.54, 1.807) is 16.5 Å². The van der Waals surface area contributed by atoms with Crippen molar-refractivity contribution in [2.75, 3.05) is 18.4 Å². The summed E-state index contributed by atoms with van der Waals surface area (Å²) in [5, 5.41) is 14.2. The molecule has 0 aliphatic carbocycles. The number of rotatable bonds is 3. The average Bonchev–Trinajstić information content (AvgIpc) is 2.97. The quantitative estimate of drug-likeness (QED) is 0.877. The molecule has 1 saturated heterocycles. The minimum atomic E-state index is -0.824. The van der Waals surface area contributed by atoms with Crippen LogP contribution in [0.15, 0.2) is 11.6 Å². The Bertz CT molecular complexity index is 448. The SMILES string of the molecule is CCC1(C(=O)O)CCN(C(=O)Nc2nccs2)C1. The first-order valence-corrected chi connectivity index (χ1v) is 6.64. The standard InChI is InChI=1S/C11H15N3O3S/c1-2-11(8(15)16)3-5-14(7-11)10(17)13-9-12-4-6-18-9/h4,6H,2-3,5,7H2,1H3,(H,15,16)(H,12,13,17). The molecule has 0 bridgehead atoms. The number of carboxylic acid groups (broad SMARTS) is 1. The Balaban J connectivity index is 2.00. The van der Waals surface area contributed by atoms with E-state index in [-0.39, 0.29) is 12.6 Å². The number of hydrogen-bond acceptors (Lipinski definition) is 4. The van der Waals surface area contributed by atoms with Gasteiger partial charge in [-0.25, -0.2) is 9.78 Å². The topological polar surface area (TPSA) is 82.5 Å². The average molecular weight is 269 g/mol. The first-order valence-electron chi connectivity index (χ1n) is 5.76. The Labute approximate surface area is 109 Å². The van der Waals surface area contributed by atoms with E-state index in [1.165, 1.54) is 11.3 Å². The second kappa shape index (κ2) is 4.93. The van der Waals surface area contributed by atoms with Crippen LogP contribution in [0.25, 0.3) is 0 Å². The molecule has 2 N–H and O–H groups in total. The van der Waals surface area contributed by atoms with Crippen LogP contribution < -0.4 is 5.32 Å². The molecule has 1 aromatic rings. The van der Waals surface area contributed by atoms with E-state index in [0.717, 1.165) is 0 Å². The summed E-state index contributed by atoms with van der Waals surface area (Å²) >= 11 is 1.34. The Kier molecular flexibility index (Phi) is 3.51. The van der Waals surface area contributed by atoms with Crippen LogP contribution in [0.5, 0.6) is 0 Å². The minimum Gasteiger partial charge on any atom is -0.481 e. The van der Waals surface area contributed by atoms with Gasteiger partial charge in [0, 0.05) is 24.7 Å². The number of hydrogen-bond donors (Lipinski definition) is 2. The second-order valence-electron chi connectivity index (χ2n) is 4.38. The highest BCUT2D eigenvalue weighted by Crippen LogP contribution is 2.34. The molecule has 98 valence electrons. The molecule has 18 heavy (non-hydrogen) atoms. The number of amides is 2. The van der Waals surface area contributed by atoms with Gasteiger partial charge in [-0.3, -0.25) is 10.1 Å². The van der Waals surface area contributed by atoms with E-state index in [1.807, 2.05) is 6.92 Å². The van der Waals surface area contributed by atoms with Gasteiger partial charge in [0.05, 0.1) is 5.41 Å². The van der Waals surface area contributed by atoms with Crippen LogP contribution in [0.4, 0.5) is 9.93 Å². The Hall–Kier alpha value is -1.63. The van der Waals surface area contributed by atoms with E-state index in [0.29, 0.717) is 24.5 Å². The molecule has 2 heterocycles. The highest BCUT2D eigenvalue weighted by atomic mass is 32.1. The van der Waals surface area contributed by atoms with Crippen LogP contribution in [0.2, 0.25) is 0 Å². The van der Waals surface area contributed by atoms with Gasteiger partial charge >= 0.3 is 12.0 Å². The zero-order valence-electron chi connectivity index (χ0n) is 10.0. The zero-order valence-corrected chi connectivity index (χ0v) is 10.9. The lowest BCUT2D eigenvalue weighted by atomic mass is 9.84. The third kappa shape index (κ3) is 2.31. The van der Waals surface area contributed by atoms with Crippen molar-refractivity contribution < 1.29 is 14.7 Å². The van der Waals surface area contributed by atoms with Crippen molar-refractivity contribution in [2.45, 2.75) is 19.8 Å². The highest BCUT2D eigenvalue weighted by molar-refractivity contribution is 7.13. The maximum Gasteiger partial charge on any atom is 0.323 e. The second-order valence-corrected chi connectivity index (χ2v) is 5.27. The van der Waals surface area contributed by atoms with Crippen molar-refractivity contribution in [3.63, 3.8) is 0 Å². The lowest BCUT2D eigenvalue weighted by Gasteiger charge is -2.22. The van der Waals surface area contributed by atoms with E-state index in [2.05, 4.69) is 10.3 Å². The number of carbonyl (C=O) groups excluding carboxylic acids is 1. The minimum absolute atomic E-state index is 0.260. The molecular weight excluding hydrogens is 254 g/mol. The van der Waals surface area contributed by atoms with Crippen LogP contribution in [0.3, 0.4) is 0 Å². The van der Waals surface area contributed by atoms with Gasteiger partial charge in [-0.05, 0) is 12.8 Å². The van der Waals surface area contributed by atoms with Crippen LogP contribution >= 0.6 is 11.3 Å². The van der Waals surface area contributed by atoms with Gasteiger partial charge in [0.25, 0.3) is 0 Å². The fraction of sp³-hybridized carbons (Fsp3) is 0.545. The summed E-state index contributed by atoms with van der Waals surface area (Å²) in [6.45, 7) is 2.57. The van der Waals surface area contributed by atoms with Crippen molar-refractivity contribution in [2.24, 2.45) is 5.41 Å². The number of likely N-dealkylation sites (tertiary alicyclic amines) is 1. The van der Waals surface area contributed by atoms with Crippen molar-refractivity contribution in [3.05, 3.63) is 11.6 Å². The molecule has 1 unspecified atom stereocenters. The number of anilines is 1. The number of urea groups is 1. The van der Waals surface area contributed by atoms with E-state index in [9.17, 15) is 14.7 Å². The van der Waals surface area contributed by atoms with Gasteiger partial charge in [0.2, 0.25) is 0 Å². The lowest BCUT2D eigenvalue weighted by Crippen LogP contribution is -2.38. The summed E-state index contributed by atoms with van der Waals surface area (Å²) in [6, 6.07) is -0.276. The monoisotopic (exact) mass is 269 g/mol. The smallest absolute Gasteiger partial charge is 0.323 e. The first kappa shape index (κ1) is 12.8. The molecular formula is C11H15N3O3S.